The number of amides is 3. The van der Waals surface area contributed by atoms with Crippen LogP contribution < -0.4 is 10.6 Å². The number of nitrogens with one attached hydrogen (secondary N) is 2. The Morgan fingerprint density at radius 2 is 2.19 bits per heavy atom. The molecule has 1 atom stereocenters. The van der Waals surface area contributed by atoms with Crippen molar-refractivity contribution in [2.45, 2.75) is 32.2 Å². The highest BCUT2D eigenvalue weighted by Gasteiger charge is 2.31. The van der Waals surface area contributed by atoms with Crippen molar-refractivity contribution < 1.29 is 14.4 Å². The molecule has 3 heterocycles. The first-order valence-corrected chi connectivity index (χ1v) is 9.31. The van der Waals surface area contributed by atoms with Gasteiger partial charge >= 0.3 is 0 Å². The van der Waals surface area contributed by atoms with E-state index in [1.807, 2.05) is 31.2 Å². The zero-order chi connectivity index (χ0) is 19.0. The van der Waals surface area contributed by atoms with Crippen molar-refractivity contribution >= 4 is 45.2 Å². The minimum absolute atomic E-state index is 0.0186. The number of para-hydroxylation sites is 1. The number of carbonyl (C=O) groups excluding carboxylic acids is 3. The van der Waals surface area contributed by atoms with Gasteiger partial charge in [0.15, 0.2) is 0 Å². The smallest absolute Gasteiger partial charge is 0.246 e. The second kappa shape index (κ2) is 6.92. The Bertz CT molecular complexity index is 1050. The number of benzene rings is 1. The number of aryl methyl sites for hydroxylation is 1. The maximum atomic E-state index is 12.4. The molecule has 1 unspecified atom stereocenters. The summed E-state index contributed by atoms with van der Waals surface area (Å²) >= 11 is 1.22. The van der Waals surface area contributed by atoms with Crippen molar-refractivity contribution in [2.75, 3.05) is 5.32 Å². The average Bonchev–Trinajstić information content (AvgIpc) is 3.19. The highest BCUT2D eigenvalue weighted by molar-refractivity contribution is 7.10. The molecule has 8 nitrogen and oxygen atoms in total. The van der Waals surface area contributed by atoms with E-state index in [2.05, 4.69) is 20.1 Å². The third-order valence-electron chi connectivity index (χ3n) is 4.44. The van der Waals surface area contributed by atoms with E-state index in [0.717, 1.165) is 16.6 Å². The van der Waals surface area contributed by atoms with Crippen LogP contribution in [0.25, 0.3) is 10.9 Å². The Morgan fingerprint density at radius 3 is 2.93 bits per heavy atom. The van der Waals surface area contributed by atoms with E-state index in [4.69, 9.17) is 0 Å². The van der Waals surface area contributed by atoms with E-state index in [1.165, 1.54) is 11.5 Å². The van der Waals surface area contributed by atoms with Crippen LogP contribution in [0.4, 0.5) is 5.00 Å². The largest absolute Gasteiger partial charge is 0.315 e. The Balaban J connectivity index is 1.62. The van der Waals surface area contributed by atoms with Crippen LogP contribution in [0.1, 0.15) is 30.1 Å². The van der Waals surface area contributed by atoms with Crippen LogP contribution >= 0.6 is 11.5 Å². The third-order valence-corrected chi connectivity index (χ3v) is 5.24. The van der Waals surface area contributed by atoms with E-state index in [9.17, 15) is 14.4 Å². The van der Waals surface area contributed by atoms with Gasteiger partial charge in [-0.1, -0.05) is 18.2 Å². The number of fused-ring (bicyclic) bond motifs is 1. The first kappa shape index (κ1) is 17.3. The molecular formula is C18H17N5O3S. The molecule has 3 amide bonds. The molecular weight excluding hydrogens is 366 g/mol. The van der Waals surface area contributed by atoms with Crippen molar-refractivity contribution in [3.63, 3.8) is 0 Å². The molecule has 1 aliphatic heterocycles. The molecule has 1 fully saturated rings. The highest BCUT2D eigenvalue weighted by atomic mass is 32.1. The number of piperidine rings is 1. The van der Waals surface area contributed by atoms with Crippen molar-refractivity contribution in [2.24, 2.45) is 0 Å². The summed E-state index contributed by atoms with van der Waals surface area (Å²) in [7, 11) is 0. The van der Waals surface area contributed by atoms with Crippen LogP contribution in [0.15, 0.2) is 30.3 Å². The number of carbonyl (C=O) groups is 3. The zero-order valence-corrected chi connectivity index (χ0v) is 15.4. The Hall–Kier alpha value is -3.07. The van der Waals surface area contributed by atoms with Crippen molar-refractivity contribution in [1.82, 2.24) is 19.5 Å². The summed E-state index contributed by atoms with van der Waals surface area (Å²) in [6.07, 6.45) is 0.695. The predicted octanol–water partition coefficient (Wildman–Crippen LogP) is 1.96. The molecule has 2 aromatic heterocycles. The lowest BCUT2D eigenvalue weighted by Gasteiger charge is -2.19. The third kappa shape index (κ3) is 3.45. The molecule has 4 rings (SSSR count). The Morgan fingerprint density at radius 1 is 1.37 bits per heavy atom. The number of hydrogen-bond acceptors (Lipinski definition) is 6. The van der Waals surface area contributed by atoms with E-state index in [0.29, 0.717) is 17.1 Å². The van der Waals surface area contributed by atoms with Crippen LogP contribution in [-0.4, -0.2) is 31.9 Å². The van der Waals surface area contributed by atoms with Gasteiger partial charge in [0, 0.05) is 11.8 Å². The lowest BCUT2D eigenvalue weighted by molar-refractivity contribution is -0.134. The average molecular weight is 383 g/mol. The molecule has 9 heteroatoms. The SMILES string of the molecule is Cc1cc(NC(=O)Cn2nc(C3CCC(=O)NC3=O)c3ccccc32)sn1. The van der Waals surface area contributed by atoms with Crippen LogP contribution in [0.5, 0.6) is 0 Å². The fourth-order valence-corrected chi connectivity index (χ4v) is 3.90. The van der Waals surface area contributed by atoms with Gasteiger partial charge in [-0.05, 0) is 37.0 Å². The molecule has 1 aliphatic rings. The van der Waals surface area contributed by atoms with Crippen LogP contribution in [0, 0.1) is 6.92 Å². The Labute approximate surface area is 158 Å². The zero-order valence-electron chi connectivity index (χ0n) is 14.6. The maximum absolute atomic E-state index is 12.4. The fraction of sp³-hybridized carbons (Fsp3) is 0.278. The Kier molecular flexibility index (Phi) is 4.44. The number of imide groups is 1. The standard InChI is InChI=1S/C18H17N5O3S/c1-10-8-16(27-22-10)19-15(25)9-23-13-5-3-2-4-11(13)17(21-23)12-6-7-14(24)20-18(12)26/h2-5,8,12H,6-7,9H2,1H3,(H,19,25)(H,20,24,26). The molecule has 3 aromatic rings. The fourth-order valence-electron chi connectivity index (χ4n) is 3.22. The summed E-state index contributed by atoms with van der Waals surface area (Å²) < 4.78 is 5.73. The molecule has 138 valence electrons. The van der Waals surface area contributed by atoms with E-state index < -0.39 is 5.92 Å². The second-order valence-corrected chi connectivity index (χ2v) is 7.25. The van der Waals surface area contributed by atoms with E-state index in [1.54, 1.807) is 10.7 Å². The highest BCUT2D eigenvalue weighted by Crippen LogP contribution is 2.30. The summed E-state index contributed by atoms with van der Waals surface area (Å²) in [5.41, 5.74) is 2.21. The van der Waals surface area contributed by atoms with Gasteiger partial charge in [0.05, 0.1) is 22.8 Å². The van der Waals surface area contributed by atoms with E-state index >= 15 is 0 Å². The van der Waals surface area contributed by atoms with Gasteiger partial charge in [0.25, 0.3) is 0 Å². The molecule has 1 saturated heterocycles. The summed E-state index contributed by atoms with van der Waals surface area (Å²) in [6, 6.07) is 9.27. The van der Waals surface area contributed by atoms with Gasteiger partial charge < -0.3 is 5.32 Å². The monoisotopic (exact) mass is 383 g/mol. The number of nitrogens with zero attached hydrogens (tertiary/aromatic N) is 3. The minimum atomic E-state index is -0.499. The predicted molar refractivity (Wildman–Crippen MR) is 100 cm³/mol. The lowest BCUT2D eigenvalue weighted by atomic mass is 9.93. The van der Waals surface area contributed by atoms with Gasteiger partial charge in [-0.2, -0.15) is 9.47 Å². The summed E-state index contributed by atoms with van der Waals surface area (Å²) in [6.45, 7) is 1.88. The van der Waals surface area contributed by atoms with Gasteiger partial charge in [-0.25, -0.2) is 0 Å². The summed E-state index contributed by atoms with van der Waals surface area (Å²) in [4.78, 5) is 36.1. The molecule has 1 aromatic carbocycles. The first-order chi connectivity index (χ1) is 13.0. The molecule has 27 heavy (non-hydrogen) atoms. The molecule has 0 aliphatic carbocycles. The normalized spacial score (nSPS) is 17.1. The first-order valence-electron chi connectivity index (χ1n) is 8.53. The number of anilines is 1. The van der Waals surface area contributed by atoms with Crippen LogP contribution in [-0.2, 0) is 20.9 Å². The van der Waals surface area contributed by atoms with Crippen molar-refractivity contribution in [3.05, 3.63) is 41.7 Å². The van der Waals surface area contributed by atoms with Gasteiger partial charge in [0.2, 0.25) is 17.7 Å². The molecule has 0 bridgehead atoms. The van der Waals surface area contributed by atoms with Gasteiger partial charge in [-0.3, -0.25) is 24.4 Å². The lowest BCUT2D eigenvalue weighted by Crippen LogP contribution is -2.39. The topological polar surface area (TPSA) is 106 Å². The van der Waals surface area contributed by atoms with Crippen molar-refractivity contribution in [3.8, 4) is 0 Å². The van der Waals surface area contributed by atoms with Crippen LogP contribution in [0.3, 0.4) is 0 Å². The molecule has 0 spiro atoms. The maximum Gasteiger partial charge on any atom is 0.246 e. The molecule has 2 N–H and O–H groups in total. The number of aromatic nitrogens is 3. The quantitative estimate of drug-likeness (QED) is 0.670. The van der Waals surface area contributed by atoms with E-state index in [-0.39, 0.29) is 30.7 Å². The summed E-state index contributed by atoms with van der Waals surface area (Å²) in [5.74, 6) is -1.33. The van der Waals surface area contributed by atoms with Crippen LogP contribution in [0.2, 0.25) is 0 Å². The number of rotatable bonds is 4. The number of hydrogen-bond donors (Lipinski definition) is 2. The minimum Gasteiger partial charge on any atom is -0.315 e. The summed E-state index contributed by atoms with van der Waals surface area (Å²) in [5, 5.41) is 11.2. The molecule has 0 saturated carbocycles. The van der Waals surface area contributed by atoms with Gasteiger partial charge in [-0.15, -0.1) is 0 Å². The second-order valence-electron chi connectivity index (χ2n) is 6.44. The molecule has 0 radical (unpaired) electrons. The van der Waals surface area contributed by atoms with Crippen molar-refractivity contribution in [1.29, 1.82) is 0 Å². The van der Waals surface area contributed by atoms with Gasteiger partial charge in [0.1, 0.15) is 11.5 Å².